The van der Waals surface area contributed by atoms with Crippen molar-refractivity contribution >= 4 is 40.2 Å². The third-order valence-electron chi connectivity index (χ3n) is 6.02. The molecule has 1 aliphatic carbocycles. The van der Waals surface area contributed by atoms with Gasteiger partial charge in [-0.25, -0.2) is 9.78 Å². The van der Waals surface area contributed by atoms with Gasteiger partial charge in [0.25, 0.3) is 5.91 Å². The molecule has 0 aliphatic heterocycles. The number of aromatic nitrogens is 2. The lowest BCUT2D eigenvalue weighted by Gasteiger charge is -2.35. The summed E-state index contributed by atoms with van der Waals surface area (Å²) in [5.41, 5.74) is 3.31. The number of benzene rings is 1. The number of fused-ring (bicyclic) bond motifs is 2. The highest BCUT2D eigenvalue weighted by molar-refractivity contribution is 6.30. The molecule has 0 radical (unpaired) electrons. The molecule has 1 unspecified atom stereocenters. The van der Waals surface area contributed by atoms with Gasteiger partial charge in [0, 0.05) is 17.3 Å². The molecule has 32 heavy (non-hydrogen) atoms. The summed E-state index contributed by atoms with van der Waals surface area (Å²) in [5, 5.41) is 3.83. The Labute approximate surface area is 192 Å². The van der Waals surface area contributed by atoms with Crippen molar-refractivity contribution in [2.75, 3.05) is 11.9 Å². The van der Waals surface area contributed by atoms with Crippen LogP contribution in [-0.2, 0) is 22.4 Å². The van der Waals surface area contributed by atoms with Crippen molar-refractivity contribution in [3.05, 3.63) is 64.4 Å². The van der Waals surface area contributed by atoms with Crippen LogP contribution in [0.2, 0.25) is 5.02 Å². The zero-order chi connectivity index (χ0) is 22.9. The lowest BCUT2D eigenvalue weighted by atomic mass is 9.70. The Hall–Kier alpha value is -2.99. The number of halogens is 1. The quantitative estimate of drug-likeness (QED) is 0.549. The predicted octanol–water partition coefficient (Wildman–Crippen LogP) is 5.23. The van der Waals surface area contributed by atoms with Crippen LogP contribution in [0, 0.1) is 11.3 Å². The first kappa shape index (κ1) is 22.2. The van der Waals surface area contributed by atoms with Crippen LogP contribution in [0.25, 0.3) is 10.9 Å². The second-order valence-corrected chi connectivity index (χ2v) is 9.66. The van der Waals surface area contributed by atoms with E-state index in [1.807, 2.05) is 24.3 Å². The minimum absolute atomic E-state index is 0.121. The number of carbonyl (C=O) groups excluding carboxylic acids is 2. The Morgan fingerprint density at radius 1 is 1.19 bits per heavy atom. The summed E-state index contributed by atoms with van der Waals surface area (Å²) in [6.07, 6.45) is 4.06. The van der Waals surface area contributed by atoms with E-state index in [2.05, 4.69) is 31.1 Å². The number of para-hydroxylation sites is 1. The lowest BCUT2D eigenvalue weighted by molar-refractivity contribution is -0.119. The summed E-state index contributed by atoms with van der Waals surface area (Å²) < 4.78 is 5.45. The largest absolute Gasteiger partial charge is 0.452 e. The number of esters is 1. The monoisotopic (exact) mass is 451 g/mol. The smallest absolute Gasteiger partial charge is 0.339 e. The Morgan fingerprint density at radius 3 is 2.69 bits per heavy atom. The van der Waals surface area contributed by atoms with E-state index in [1.165, 1.54) is 6.20 Å². The van der Waals surface area contributed by atoms with Gasteiger partial charge in [-0.3, -0.25) is 9.78 Å². The molecule has 0 bridgehead atoms. The van der Waals surface area contributed by atoms with E-state index >= 15 is 0 Å². The van der Waals surface area contributed by atoms with E-state index in [4.69, 9.17) is 21.3 Å². The summed E-state index contributed by atoms with van der Waals surface area (Å²) in [4.78, 5) is 34.4. The van der Waals surface area contributed by atoms with Crippen LogP contribution in [0.15, 0.2) is 42.6 Å². The molecule has 1 N–H and O–H groups in total. The van der Waals surface area contributed by atoms with Crippen LogP contribution in [0.5, 0.6) is 0 Å². The maximum absolute atomic E-state index is 13.2. The summed E-state index contributed by atoms with van der Waals surface area (Å²) in [6.45, 7) is 6.27. The van der Waals surface area contributed by atoms with Crippen LogP contribution >= 0.6 is 11.6 Å². The Balaban J connectivity index is 1.59. The number of carbonyl (C=O) groups is 2. The molecule has 2 aromatic heterocycles. The number of pyridine rings is 2. The maximum atomic E-state index is 13.2. The van der Waals surface area contributed by atoms with Crippen LogP contribution in [-0.4, -0.2) is 28.5 Å². The van der Waals surface area contributed by atoms with Crippen molar-refractivity contribution in [1.29, 1.82) is 0 Å². The van der Waals surface area contributed by atoms with Gasteiger partial charge in [-0.15, -0.1) is 0 Å². The van der Waals surface area contributed by atoms with Crippen molar-refractivity contribution in [1.82, 2.24) is 9.97 Å². The Kier molecular flexibility index (Phi) is 6.15. The van der Waals surface area contributed by atoms with E-state index in [0.29, 0.717) is 22.3 Å². The Bertz CT molecular complexity index is 1170. The minimum Gasteiger partial charge on any atom is -0.452 e. The molecule has 0 saturated carbocycles. The molecule has 1 atom stereocenters. The second kappa shape index (κ2) is 8.87. The molecule has 166 valence electrons. The molecule has 1 aromatic carbocycles. The number of nitrogens with zero attached hydrogens (tertiary/aromatic N) is 2. The minimum atomic E-state index is -0.506. The van der Waals surface area contributed by atoms with Gasteiger partial charge in [-0.2, -0.15) is 0 Å². The van der Waals surface area contributed by atoms with E-state index in [9.17, 15) is 9.59 Å². The van der Waals surface area contributed by atoms with Crippen LogP contribution < -0.4 is 5.32 Å². The first-order valence-electron chi connectivity index (χ1n) is 10.7. The van der Waals surface area contributed by atoms with Gasteiger partial charge < -0.3 is 10.1 Å². The van der Waals surface area contributed by atoms with E-state index in [0.717, 1.165) is 41.4 Å². The highest BCUT2D eigenvalue weighted by Gasteiger charge is 2.33. The molecule has 3 aromatic rings. The third-order valence-corrected chi connectivity index (χ3v) is 6.24. The van der Waals surface area contributed by atoms with Crippen molar-refractivity contribution < 1.29 is 14.3 Å². The van der Waals surface area contributed by atoms with E-state index < -0.39 is 18.5 Å². The van der Waals surface area contributed by atoms with Crippen molar-refractivity contribution in [3.63, 3.8) is 0 Å². The molecule has 0 fully saturated rings. The third kappa shape index (κ3) is 4.75. The fourth-order valence-corrected chi connectivity index (χ4v) is 4.30. The SMILES string of the molecule is CC(C)(C)C1CCc2nc3ccccc3c(C(=O)OCC(=O)Nc3ccc(Cl)cn3)c2C1. The number of hydrogen-bond donors (Lipinski definition) is 1. The average Bonchev–Trinajstić information content (AvgIpc) is 2.76. The lowest BCUT2D eigenvalue weighted by Crippen LogP contribution is -2.29. The molecule has 0 spiro atoms. The summed E-state index contributed by atoms with van der Waals surface area (Å²) in [6, 6.07) is 10.8. The highest BCUT2D eigenvalue weighted by Crippen LogP contribution is 2.39. The van der Waals surface area contributed by atoms with Gasteiger partial charge in [0.2, 0.25) is 0 Å². The zero-order valence-electron chi connectivity index (χ0n) is 18.4. The molecule has 1 amide bonds. The predicted molar refractivity (Wildman–Crippen MR) is 125 cm³/mol. The number of hydrogen-bond acceptors (Lipinski definition) is 5. The normalized spacial score (nSPS) is 15.8. The van der Waals surface area contributed by atoms with Gasteiger partial charge in [-0.1, -0.05) is 50.6 Å². The number of nitrogens with one attached hydrogen (secondary N) is 1. The Morgan fingerprint density at radius 2 is 1.97 bits per heavy atom. The summed E-state index contributed by atoms with van der Waals surface area (Å²) in [5.74, 6) is -0.194. The number of rotatable bonds is 4. The molecule has 4 rings (SSSR count). The first-order valence-corrected chi connectivity index (χ1v) is 11.1. The van der Waals surface area contributed by atoms with Crippen LogP contribution in [0.4, 0.5) is 5.82 Å². The van der Waals surface area contributed by atoms with Crippen LogP contribution in [0.3, 0.4) is 0 Å². The maximum Gasteiger partial charge on any atom is 0.339 e. The number of amides is 1. The topological polar surface area (TPSA) is 81.2 Å². The summed E-state index contributed by atoms with van der Waals surface area (Å²) >= 11 is 5.81. The number of anilines is 1. The molecular formula is C25H26ClN3O3. The first-order chi connectivity index (χ1) is 15.2. The molecule has 7 heteroatoms. The van der Waals surface area contributed by atoms with Gasteiger partial charge in [-0.05, 0) is 54.4 Å². The molecule has 1 aliphatic rings. The fourth-order valence-electron chi connectivity index (χ4n) is 4.19. The zero-order valence-corrected chi connectivity index (χ0v) is 19.2. The van der Waals surface area contributed by atoms with Gasteiger partial charge in [0.1, 0.15) is 5.82 Å². The molecule has 0 saturated heterocycles. The number of ether oxygens (including phenoxy) is 1. The van der Waals surface area contributed by atoms with E-state index in [-0.39, 0.29) is 5.41 Å². The van der Waals surface area contributed by atoms with Crippen molar-refractivity contribution in [3.8, 4) is 0 Å². The van der Waals surface area contributed by atoms with Gasteiger partial charge in [0.05, 0.1) is 16.1 Å². The number of aryl methyl sites for hydroxylation is 1. The van der Waals surface area contributed by atoms with Crippen molar-refractivity contribution in [2.45, 2.75) is 40.0 Å². The fraction of sp³-hybridized carbons (Fsp3) is 0.360. The molecule has 2 heterocycles. The summed E-state index contributed by atoms with van der Waals surface area (Å²) in [7, 11) is 0. The molecular weight excluding hydrogens is 426 g/mol. The average molecular weight is 452 g/mol. The van der Waals surface area contributed by atoms with Crippen molar-refractivity contribution in [2.24, 2.45) is 11.3 Å². The standard InChI is InChI=1S/C25H26ClN3O3/c1-25(2,3)15-8-10-20-18(12-15)23(17-6-4-5-7-19(17)28-20)24(31)32-14-22(30)29-21-11-9-16(26)13-27-21/h4-7,9,11,13,15H,8,10,12,14H2,1-3H3,(H,27,29,30). The van der Waals surface area contributed by atoms with E-state index in [1.54, 1.807) is 12.1 Å². The second-order valence-electron chi connectivity index (χ2n) is 9.22. The van der Waals surface area contributed by atoms with Gasteiger partial charge in [0.15, 0.2) is 6.61 Å². The van der Waals surface area contributed by atoms with Crippen LogP contribution in [0.1, 0.15) is 48.8 Å². The molecule has 6 nitrogen and oxygen atoms in total. The van der Waals surface area contributed by atoms with Gasteiger partial charge >= 0.3 is 5.97 Å². The highest BCUT2D eigenvalue weighted by atomic mass is 35.5.